The second-order valence-corrected chi connectivity index (χ2v) is 9.82. The van der Waals surface area contributed by atoms with Crippen molar-refractivity contribution < 1.29 is 24.8 Å². The normalized spacial score (nSPS) is 38.6. The van der Waals surface area contributed by atoms with Crippen molar-refractivity contribution in [3.8, 4) is 0 Å². The summed E-state index contributed by atoms with van der Waals surface area (Å²) in [7, 11) is 0. The lowest BCUT2D eigenvalue weighted by atomic mass is 9.61. The Morgan fingerprint density at radius 3 is 2.47 bits per heavy atom. The van der Waals surface area contributed by atoms with Crippen LogP contribution in [0.3, 0.4) is 0 Å². The van der Waals surface area contributed by atoms with Gasteiger partial charge < -0.3 is 24.8 Å². The van der Waals surface area contributed by atoms with Gasteiger partial charge in [-0.3, -0.25) is 0 Å². The largest absolute Gasteiger partial charge is 0.388 e. The minimum Gasteiger partial charge on any atom is -0.388 e. The molecule has 170 valence electrons. The lowest BCUT2D eigenvalue weighted by Crippen LogP contribution is -2.55. The van der Waals surface area contributed by atoms with Crippen molar-refractivity contribution in [2.24, 2.45) is 17.3 Å². The molecule has 1 saturated carbocycles. The van der Waals surface area contributed by atoms with Crippen LogP contribution in [-0.2, 0) is 9.47 Å². The Kier molecular flexibility index (Phi) is 8.28. The van der Waals surface area contributed by atoms with Gasteiger partial charge in [-0.05, 0) is 64.2 Å². The Hall–Kier alpha value is -1.24. The van der Waals surface area contributed by atoms with Gasteiger partial charge in [-0.2, -0.15) is 0 Å². The maximum atomic E-state index is 10.1. The van der Waals surface area contributed by atoms with Crippen LogP contribution in [0.25, 0.3) is 0 Å². The Labute approximate surface area is 181 Å². The summed E-state index contributed by atoms with van der Waals surface area (Å²) in [4.78, 5) is 0. The van der Waals surface area contributed by atoms with E-state index < -0.39 is 30.2 Å². The van der Waals surface area contributed by atoms with Crippen molar-refractivity contribution >= 4 is 0 Å². The summed E-state index contributed by atoms with van der Waals surface area (Å²) in [5.41, 5.74) is 1.96. The molecule has 0 bridgehead atoms. The van der Waals surface area contributed by atoms with Crippen molar-refractivity contribution in [2.45, 2.75) is 84.1 Å². The summed E-state index contributed by atoms with van der Waals surface area (Å²) >= 11 is 0. The van der Waals surface area contributed by atoms with E-state index in [1.54, 1.807) is 0 Å². The summed E-state index contributed by atoms with van der Waals surface area (Å²) in [6, 6.07) is 0. The minimum absolute atomic E-state index is 0.0725. The summed E-state index contributed by atoms with van der Waals surface area (Å²) < 4.78 is 11.2. The molecule has 2 fully saturated rings. The van der Waals surface area contributed by atoms with Crippen molar-refractivity contribution in [1.29, 1.82) is 0 Å². The number of aliphatic hydroxyl groups is 3. The number of allylic oxidation sites excluding steroid dienone is 5. The summed E-state index contributed by atoms with van der Waals surface area (Å²) in [5, 5.41) is 29.5. The second kappa shape index (κ2) is 9.92. The van der Waals surface area contributed by atoms with Crippen molar-refractivity contribution in [2.75, 3.05) is 6.61 Å². The Morgan fingerprint density at radius 1 is 1.20 bits per heavy atom. The number of hydrogen-bond acceptors (Lipinski definition) is 5. The first-order chi connectivity index (χ1) is 13.9. The van der Waals surface area contributed by atoms with E-state index in [1.807, 2.05) is 26.0 Å². The predicted molar refractivity (Wildman–Crippen MR) is 120 cm³/mol. The topological polar surface area (TPSA) is 79.2 Å². The van der Waals surface area contributed by atoms with E-state index in [0.717, 1.165) is 19.3 Å². The zero-order valence-corrected chi connectivity index (χ0v) is 19.2. The SMILES string of the molecule is C=C[C@@]1(C)CC[C@H](/C(C)=C/C=C/C(C)(C)O[C@@H]2OC[C@@H](O)[C@@H](O)[C@@H]2O)C[C@@H]1C(=C)C. The molecule has 0 aromatic heterocycles. The standard InChI is InChI=1S/C25H40O5/c1-8-25(7)13-11-18(14-19(25)16(2)3)17(4)10-9-12-24(5,6)30-23-22(28)21(27)20(26)15-29-23/h8-10,12,18-23,26-28H,1-2,11,13-15H2,3-7H3/b12-9+,17-10+/t18-,19+,20+,21+,22-,23-,25-/m0/s1. The number of aliphatic hydroxyl groups excluding tert-OH is 3. The molecule has 0 unspecified atom stereocenters. The molecule has 0 amide bonds. The average molecular weight is 421 g/mol. The second-order valence-electron chi connectivity index (χ2n) is 9.82. The van der Waals surface area contributed by atoms with Crippen LogP contribution in [0.4, 0.5) is 0 Å². The molecule has 30 heavy (non-hydrogen) atoms. The molecule has 1 heterocycles. The van der Waals surface area contributed by atoms with Gasteiger partial charge in [0, 0.05) is 0 Å². The van der Waals surface area contributed by atoms with Gasteiger partial charge in [-0.25, -0.2) is 0 Å². The van der Waals surface area contributed by atoms with Crippen LogP contribution >= 0.6 is 0 Å². The van der Waals surface area contributed by atoms with Crippen LogP contribution in [0.2, 0.25) is 0 Å². The quantitative estimate of drug-likeness (QED) is 0.430. The maximum absolute atomic E-state index is 10.1. The Balaban J connectivity index is 2.00. The van der Waals surface area contributed by atoms with Crippen molar-refractivity contribution in [3.63, 3.8) is 0 Å². The number of ether oxygens (including phenoxy) is 2. The van der Waals surface area contributed by atoms with Crippen molar-refractivity contribution in [3.05, 3.63) is 48.6 Å². The first-order valence-electron chi connectivity index (χ1n) is 10.9. The van der Waals surface area contributed by atoms with Gasteiger partial charge in [0.25, 0.3) is 0 Å². The van der Waals surface area contributed by atoms with Crippen molar-refractivity contribution in [1.82, 2.24) is 0 Å². The highest BCUT2D eigenvalue weighted by molar-refractivity contribution is 5.20. The monoisotopic (exact) mass is 420 g/mol. The summed E-state index contributed by atoms with van der Waals surface area (Å²) in [6.07, 6.45) is 6.76. The molecule has 5 heteroatoms. The van der Waals surface area contributed by atoms with E-state index in [0.29, 0.717) is 11.8 Å². The fourth-order valence-electron chi connectivity index (χ4n) is 4.54. The van der Waals surface area contributed by atoms with Crippen LogP contribution < -0.4 is 0 Å². The van der Waals surface area contributed by atoms with Crippen LogP contribution in [0.1, 0.15) is 53.9 Å². The average Bonchev–Trinajstić information content (AvgIpc) is 2.68. The van der Waals surface area contributed by atoms with Gasteiger partial charge in [0.2, 0.25) is 0 Å². The molecule has 7 atom stereocenters. The zero-order chi connectivity index (χ0) is 22.7. The van der Waals surface area contributed by atoms with E-state index in [-0.39, 0.29) is 12.0 Å². The predicted octanol–water partition coefficient (Wildman–Crippen LogP) is 3.91. The summed E-state index contributed by atoms with van der Waals surface area (Å²) in [6.45, 7) is 18.5. The smallest absolute Gasteiger partial charge is 0.187 e. The van der Waals surface area contributed by atoms with Gasteiger partial charge in [0.05, 0.1) is 12.2 Å². The van der Waals surface area contributed by atoms with Crippen LogP contribution in [0, 0.1) is 17.3 Å². The minimum atomic E-state index is -1.29. The summed E-state index contributed by atoms with van der Waals surface area (Å²) in [5.74, 6) is 0.945. The molecule has 1 aliphatic heterocycles. The maximum Gasteiger partial charge on any atom is 0.187 e. The molecular weight excluding hydrogens is 380 g/mol. The molecular formula is C25H40O5. The van der Waals surface area contributed by atoms with Crippen LogP contribution in [0.5, 0.6) is 0 Å². The molecule has 0 radical (unpaired) electrons. The molecule has 2 rings (SSSR count). The van der Waals surface area contributed by atoms with E-state index in [1.165, 1.54) is 11.1 Å². The van der Waals surface area contributed by atoms with Crippen LogP contribution in [0.15, 0.2) is 48.6 Å². The third-order valence-electron chi connectivity index (χ3n) is 6.78. The first kappa shape index (κ1) is 25.0. The molecule has 1 saturated heterocycles. The van der Waals surface area contributed by atoms with E-state index >= 15 is 0 Å². The van der Waals surface area contributed by atoms with Gasteiger partial charge in [0.15, 0.2) is 6.29 Å². The molecule has 1 aliphatic carbocycles. The Morgan fingerprint density at radius 2 is 1.87 bits per heavy atom. The van der Waals surface area contributed by atoms with E-state index in [4.69, 9.17) is 9.47 Å². The van der Waals surface area contributed by atoms with Gasteiger partial charge >= 0.3 is 0 Å². The van der Waals surface area contributed by atoms with Gasteiger partial charge in [0.1, 0.15) is 18.3 Å². The first-order valence-corrected chi connectivity index (χ1v) is 10.9. The highest BCUT2D eigenvalue weighted by Gasteiger charge is 2.40. The van der Waals surface area contributed by atoms with Crippen LogP contribution in [-0.4, -0.2) is 52.1 Å². The fourth-order valence-corrected chi connectivity index (χ4v) is 4.54. The lowest BCUT2D eigenvalue weighted by Gasteiger charge is -2.43. The molecule has 0 spiro atoms. The fraction of sp³-hybridized carbons (Fsp3) is 0.680. The van der Waals surface area contributed by atoms with Gasteiger partial charge in [-0.1, -0.05) is 49.0 Å². The third kappa shape index (κ3) is 5.92. The Bertz CT molecular complexity index is 679. The lowest BCUT2D eigenvalue weighted by molar-refractivity contribution is -0.289. The molecule has 2 aliphatic rings. The highest BCUT2D eigenvalue weighted by Crippen LogP contribution is 2.48. The van der Waals surface area contributed by atoms with E-state index in [2.05, 4.69) is 46.1 Å². The molecule has 3 N–H and O–H groups in total. The number of hydrogen-bond donors (Lipinski definition) is 3. The molecule has 5 nitrogen and oxygen atoms in total. The number of rotatable bonds is 7. The van der Waals surface area contributed by atoms with Gasteiger partial charge in [-0.15, -0.1) is 6.58 Å². The van der Waals surface area contributed by atoms with E-state index in [9.17, 15) is 15.3 Å². The molecule has 0 aromatic carbocycles. The highest BCUT2D eigenvalue weighted by atomic mass is 16.7. The third-order valence-corrected chi connectivity index (χ3v) is 6.78. The zero-order valence-electron chi connectivity index (χ0n) is 19.2. The molecule has 0 aromatic rings.